The van der Waals surface area contributed by atoms with Crippen LogP contribution in [0.5, 0.6) is 0 Å². The molecule has 0 saturated heterocycles. The monoisotopic (exact) mass is 306 g/mol. The van der Waals surface area contributed by atoms with Gasteiger partial charge in [-0.15, -0.1) is 11.3 Å². The molecule has 1 aliphatic rings. The molecule has 7 heteroatoms. The minimum absolute atomic E-state index is 0.127. The molecule has 0 bridgehead atoms. The number of aliphatic carboxylic acids is 1. The van der Waals surface area contributed by atoms with Crippen molar-refractivity contribution in [2.24, 2.45) is 5.41 Å². The SMILES string of the molecule is O=C(NCC1(C(=O)O)CCC1)c1cc(-c2cccs2)on1. The highest BCUT2D eigenvalue weighted by atomic mass is 32.1. The Morgan fingerprint density at radius 3 is 2.86 bits per heavy atom. The third-order valence-corrected chi connectivity index (χ3v) is 4.74. The van der Waals surface area contributed by atoms with Crippen LogP contribution in [0.25, 0.3) is 10.6 Å². The Morgan fingerprint density at radius 2 is 2.29 bits per heavy atom. The average molecular weight is 306 g/mol. The molecule has 1 amide bonds. The van der Waals surface area contributed by atoms with E-state index in [-0.39, 0.29) is 12.2 Å². The van der Waals surface area contributed by atoms with E-state index in [1.807, 2.05) is 17.5 Å². The molecule has 3 rings (SSSR count). The number of hydrogen-bond donors (Lipinski definition) is 2. The zero-order valence-corrected chi connectivity index (χ0v) is 12.0. The number of nitrogens with zero attached hydrogens (tertiary/aromatic N) is 1. The van der Waals surface area contributed by atoms with E-state index in [0.29, 0.717) is 18.6 Å². The summed E-state index contributed by atoms with van der Waals surface area (Å²) in [5.74, 6) is -0.727. The van der Waals surface area contributed by atoms with E-state index in [1.54, 1.807) is 6.07 Å². The van der Waals surface area contributed by atoms with Crippen LogP contribution >= 0.6 is 11.3 Å². The van der Waals surface area contributed by atoms with E-state index in [9.17, 15) is 14.7 Å². The van der Waals surface area contributed by atoms with Gasteiger partial charge < -0.3 is 14.9 Å². The fourth-order valence-electron chi connectivity index (χ4n) is 2.33. The lowest BCUT2D eigenvalue weighted by Gasteiger charge is -2.37. The second-order valence-corrected chi connectivity index (χ2v) is 6.12. The van der Waals surface area contributed by atoms with Gasteiger partial charge in [-0.05, 0) is 24.3 Å². The summed E-state index contributed by atoms with van der Waals surface area (Å²) >= 11 is 1.49. The Bertz CT molecular complexity index is 658. The first-order valence-electron chi connectivity index (χ1n) is 6.63. The van der Waals surface area contributed by atoms with Gasteiger partial charge in [-0.25, -0.2) is 0 Å². The van der Waals surface area contributed by atoms with Crippen molar-refractivity contribution in [3.63, 3.8) is 0 Å². The maximum absolute atomic E-state index is 12.0. The second kappa shape index (κ2) is 5.33. The molecular weight excluding hydrogens is 292 g/mol. The van der Waals surface area contributed by atoms with Crippen molar-refractivity contribution >= 4 is 23.2 Å². The van der Waals surface area contributed by atoms with Crippen LogP contribution in [0.3, 0.4) is 0 Å². The number of amides is 1. The lowest BCUT2D eigenvalue weighted by atomic mass is 9.69. The topological polar surface area (TPSA) is 92.4 Å². The normalized spacial score (nSPS) is 16.2. The number of nitrogens with one attached hydrogen (secondary N) is 1. The summed E-state index contributed by atoms with van der Waals surface area (Å²) in [6, 6.07) is 5.32. The Morgan fingerprint density at radius 1 is 1.48 bits per heavy atom. The summed E-state index contributed by atoms with van der Waals surface area (Å²) in [4.78, 5) is 24.1. The Labute approximate surface area is 124 Å². The van der Waals surface area contributed by atoms with E-state index >= 15 is 0 Å². The Kier molecular flexibility index (Phi) is 3.50. The molecule has 21 heavy (non-hydrogen) atoms. The Hall–Kier alpha value is -2.15. The van der Waals surface area contributed by atoms with E-state index in [0.717, 1.165) is 11.3 Å². The summed E-state index contributed by atoms with van der Waals surface area (Å²) in [5, 5.41) is 17.5. The fourth-order valence-corrected chi connectivity index (χ4v) is 3.00. The lowest BCUT2D eigenvalue weighted by molar-refractivity contribution is -0.153. The smallest absolute Gasteiger partial charge is 0.311 e. The van der Waals surface area contributed by atoms with Gasteiger partial charge in [-0.3, -0.25) is 9.59 Å². The van der Waals surface area contributed by atoms with Crippen molar-refractivity contribution in [2.45, 2.75) is 19.3 Å². The van der Waals surface area contributed by atoms with Crippen LogP contribution in [0.1, 0.15) is 29.8 Å². The minimum Gasteiger partial charge on any atom is -0.481 e. The van der Waals surface area contributed by atoms with Gasteiger partial charge in [0.15, 0.2) is 11.5 Å². The summed E-state index contributed by atoms with van der Waals surface area (Å²) in [7, 11) is 0. The Balaban J connectivity index is 1.65. The van der Waals surface area contributed by atoms with E-state index < -0.39 is 17.3 Å². The zero-order chi connectivity index (χ0) is 14.9. The summed E-state index contributed by atoms with van der Waals surface area (Å²) in [5.41, 5.74) is -0.644. The van der Waals surface area contributed by atoms with Gasteiger partial charge in [0.05, 0.1) is 10.3 Å². The van der Waals surface area contributed by atoms with E-state index in [2.05, 4.69) is 10.5 Å². The number of carbonyl (C=O) groups is 2. The quantitative estimate of drug-likeness (QED) is 0.884. The van der Waals surface area contributed by atoms with Crippen molar-refractivity contribution in [3.8, 4) is 10.6 Å². The highest BCUT2D eigenvalue weighted by Crippen LogP contribution is 2.40. The summed E-state index contributed by atoms with van der Waals surface area (Å²) in [6.45, 7) is 0.127. The molecule has 0 spiro atoms. The van der Waals surface area contributed by atoms with Crippen LogP contribution in [0.4, 0.5) is 0 Å². The van der Waals surface area contributed by atoms with Gasteiger partial charge in [-0.1, -0.05) is 17.6 Å². The molecule has 6 nitrogen and oxygen atoms in total. The highest BCUT2D eigenvalue weighted by molar-refractivity contribution is 7.13. The molecule has 1 aliphatic carbocycles. The molecule has 110 valence electrons. The molecule has 1 saturated carbocycles. The first-order chi connectivity index (χ1) is 10.1. The number of thiophene rings is 1. The minimum atomic E-state index is -0.853. The third-order valence-electron chi connectivity index (χ3n) is 3.86. The molecule has 0 aromatic carbocycles. The molecule has 0 unspecified atom stereocenters. The maximum atomic E-state index is 12.0. The standard InChI is InChI=1S/C14H14N2O4S/c17-12(15-8-14(13(18)19)4-2-5-14)9-7-10(20-16-9)11-3-1-6-21-11/h1,3,6-7H,2,4-5,8H2,(H,15,17)(H,18,19). The van der Waals surface area contributed by atoms with E-state index in [1.165, 1.54) is 11.3 Å². The first-order valence-corrected chi connectivity index (χ1v) is 7.51. The van der Waals surface area contributed by atoms with Crippen molar-refractivity contribution in [3.05, 3.63) is 29.3 Å². The maximum Gasteiger partial charge on any atom is 0.311 e. The summed E-state index contributed by atoms with van der Waals surface area (Å²) in [6.07, 6.45) is 2.08. The largest absolute Gasteiger partial charge is 0.481 e. The van der Waals surface area contributed by atoms with Crippen molar-refractivity contribution in [2.75, 3.05) is 6.54 Å². The van der Waals surface area contributed by atoms with E-state index in [4.69, 9.17) is 4.52 Å². The van der Waals surface area contributed by atoms with Crippen molar-refractivity contribution < 1.29 is 19.2 Å². The molecule has 2 aromatic heterocycles. The number of rotatable bonds is 5. The van der Waals surface area contributed by atoms with Gasteiger partial charge in [0.1, 0.15) is 0 Å². The number of carboxylic acid groups (broad SMARTS) is 1. The zero-order valence-electron chi connectivity index (χ0n) is 11.2. The van der Waals surface area contributed by atoms with Gasteiger partial charge in [0.2, 0.25) is 0 Å². The number of aromatic nitrogens is 1. The molecule has 2 aromatic rings. The van der Waals surface area contributed by atoms with Crippen LogP contribution < -0.4 is 5.32 Å². The molecule has 2 heterocycles. The van der Waals surface area contributed by atoms with Gasteiger partial charge >= 0.3 is 5.97 Å². The lowest BCUT2D eigenvalue weighted by Crippen LogP contribution is -2.47. The van der Waals surface area contributed by atoms with Crippen LogP contribution in [0, 0.1) is 5.41 Å². The molecule has 1 fully saturated rings. The summed E-state index contributed by atoms with van der Waals surface area (Å²) < 4.78 is 5.13. The third kappa shape index (κ3) is 2.56. The molecule has 0 aliphatic heterocycles. The van der Waals surface area contributed by atoms with Crippen molar-refractivity contribution in [1.82, 2.24) is 10.5 Å². The predicted octanol–water partition coefficient (Wildman–Crippen LogP) is 2.39. The first kappa shape index (κ1) is 13.8. The van der Waals surface area contributed by atoms with Gasteiger partial charge in [0.25, 0.3) is 5.91 Å². The van der Waals surface area contributed by atoms with Crippen LogP contribution in [-0.4, -0.2) is 28.7 Å². The highest BCUT2D eigenvalue weighted by Gasteiger charge is 2.44. The van der Waals surface area contributed by atoms with Crippen LogP contribution in [0.15, 0.2) is 28.1 Å². The number of carboxylic acids is 1. The van der Waals surface area contributed by atoms with Gasteiger partial charge in [0, 0.05) is 12.6 Å². The van der Waals surface area contributed by atoms with Crippen molar-refractivity contribution in [1.29, 1.82) is 0 Å². The average Bonchev–Trinajstić information content (AvgIpc) is 3.07. The molecule has 0 radical (unpaired) electrons. The molecule has 0 atom stereocenters. The second-order valence-electron chi connectivity index (χ2n) is 5.18. The molecule has 2 N–H and O–H groups in total. The fraction of sp³-hybridized carbons (Fsp3) is 0.357. The van der Waals surface area contributed by atoms with Crippen LogP contribution in [0.2, 0.25) is 0 Å². The molecular formula is C14H14N2O4S. The number of carbonyl (C=O) groups excluding carboxylic acids is 1. The predicted molar refractivity (Wildman–Crippen MR) is 76.1 cm³/mol. The van der Waals surface area contributed by atoms with Gasteiger partial charge in [-0.2, -0.15) is 0 Å². The van der Waals surface area contributed by atoms with Crippen LogP contribution in [-0.2, 0) is 4.79 Å². The number of hydrogen-bond acceptors (Lipinski definition) is 5.